The van der Waals surface area contributed by atoms with E-state index < -0.39 is 11.9 Å². The molecule has 3 rings (SSSR count). The van der Waals surface area contributed by atoms with Crippen molar-refractivity contribution in [3.05, 3.63) is 52.7 Å². The van der Waals surface area contributed by atoms with Crippen molar-refractivity contribution in [1.82, 2.24) is 0 Å². The summed E-state index contributed by atoms with van der Waals surface area (Å²) in [5, 5.41) is 2.67. The molecular formula is C15H15FN2O2. The number of hydrogen-bond acceptors (Lipinski definition) is 3. The Bertz CT molecular complexity index is 679. The van der Waals surface area contributed by atoms with E-state index in [9.17, 15) is 9.18 Å². The van der Waals surface area contributed by atoms with Crippen LogP contribution in [-0.4, -0.2) is 5.91 Å². The van der Waals surface area contributed by atoms with Gasteiger partial charge in [-0.1, -0.05) is 0 Å². The minimum Gasteiger partial charge on any atom is -0.469 e. The molecule has 1 atom stereocenters. The summed E-state index contributed by atoms with van der Waals surface area (Å²) in [6.07, 6.45) is 2.56. The fraction of sp³-hybridized carbons (Fsp3) is 0.267. The van der Waals surface area contributed by atoms with E-state index in [0.29, 0.717) is 29.9 Å². The topological polar surface area (TPSA) is 68.3 Å². The average molecular weight is 274 g/mol. The number of amides is 1. The lowest BCUT2D eigenvalue weighted by atomic mass is 9.94. The second kappa shape index (κ2) is 4.76. The highest BCUT2D eigenvalue weighted by molar-refractivity contribution is 5.93. The first-order valence-corrected chi connectivity index (χ1v) is 6.48. The van der Waals surface area contributed by atoms with Crippen LogP contribution < -0.4 is 11.1 Å². The van der Waals surface area contributed by atoms with Gasteiger partial charge in [0.1, 0.15) is 11.6 Å². The molecule has 1 aliphatic rings. The van der Waals surface area contributed by atoms with Gasteiger partial charge in [0.05, 0.1) is 12.3 Å². The summed E-state index contributed by atoms with van der Waals surface area (Å²) in [4.78, 5) is 11.3. The summed E-state index contributed by atoms with van der Waals surface area (Å²) in [7, 11) is 0. The smallest absolute Gasteiger partial charge is 0.224 e. The van der Waals surface area contributed by atoms with Gasteiger partial charge in [-0.25, -0.2) is 4.39 Å². The summed E-state index contributed by atoms with van der Waals surface area (Å²) < 4.78 is 19.4. The van der Waals surface area contributed by atoms with E-state index in [4.69, 9.17) is 10.2 Å². The fourth-order valence-corrected chi connectivity index (χ4v) is 2.54. The molecule has 5 heteroatoms. The number of aryl methyl sites for hydroxylation is 2. The molecule has 2 heterocycles. The third-order valence-corrected chi connectivity index (χ3v) is 3.69. The van der Waals surface area contributed by atoms with Crippen molar-refractivity contribution in [2.24, 2.45) is 5.73 Å². The van der Waals surface area contributed by atoms with Crippen molar-refractivity contribution < 1.29 is 13.6 Å². The number of hydrogen-bond donors (Lipinski definition) is 2. The molecule has 1 unspecified atom stereocenters. The van der Waals surface area contributed by atoms with Crippen LogP contribution in [0.5, 0.6) is 0 Å². The van der Waals surface area contributed by atoms with Gasteiger partial charge >= 0.3 is 0 Å². The fourth-order valence-electron chi connectivity index (χ4n) is 2.54. The molecule has 0 fully saturated rings. The van der Waals surface area contributed by atoms with Crippen LogP contribution in [0.2, 0.25) is 0 Å². The molecule has 0 saturated carbocycles. The van der Waals surface area contributed by atoms with Gasteiger partial charge in [-0.15, -0.1) is 0 Å². The molecule has 1 aliphatic heterocycles. The Morgan fingerprint density at radius 1 is 1.35 bits per heavy atom. The van der Waals surface area contributed by atoms with Gasteiger partial charge in [0.25, 0.3) is 0 Å². The molecule has 0 aliphatic carbocycles. The minimum absolute atomic E-state index is 0.0837. The number of nitrogens with one attached hydrogen (secondary N) is 1. The van der Waals surface area contributed by atoms with E-state index in [1.54, 1.807) is 25.3 Å². The maximum absolute atomic E-state index is 14.2. The predicted octanol–water partition coefficient (Wildman–Crippen LogP) is 2.66. The number of anilines is 1. The predicted molar refractivity (Wildman–Crippen MR) is 72.8 cm³/mol. The molecule has 1 amide bonds. The number of benzene rings is 1. The normalized spacial score (nSPS) is 15.7. The van der Waals surface area contributed by atoms with Gasteiger partial charge in [0, 0.05) is 23.2 Å². The van der Waals surface area contributed by atoms with Crippen molar-refractivity contribution >= 4 is 11.6 Å². The van der Waals surface area contributed by atoms with Gasteiger partial charge in [0.2, 0.25) is 5.91 Å². The molecule has 0 bridgehead atoms. The van der Waals surface area contributed by atoms with E-state index in [2.05, 4.69) is 5.32 Å². The Balaban J connectivity index is 2.02. The van der Waals surface area contributed by atoms with E-state index in [-0.39, 0.29) is 5.91 Å². The van der Waals surface area contributed by atoms with Crippen LogP contribution in [0.3, 0.4) is 0 Å². The number of furan rings is 1. The van der Waals surface area contributed by atoms with Crippen molar-refractivity contribution in [3.8, 4) is 0 Å². The first-order valence-electron chi connectivity index (χ1n) is 6.48. The number of halogens is 1. The van der Waals surface area contributed by atoms with Crippen LogP contribution in [0.1, 0.15) is 34.9 Å². The lowest BCUT2D eigenvalue weighted by Crippen LogP contribution is -2.21. The maximum Gasteiger partial charge on any atom is 0.224 e. The zero-order valence-electron chi connectivity index (χ0n) is 11.1. The molecule has 20 heavy (non-hydrogen) atoms. The molecule has 0 radical (unpaired) electrons. The average Bonchev–Trinajstić information content (AvgIpc) is 2.83. The SMILES string of the molecule is Cc1occc1C(N)c1cc2c(cc1F)NC(=O)CC2. The van der Waals surface area contributed by atoms with E-state index >= 15 is 0 Å². The van der Waals surface area contributed by atoms with Gasteiger partial charge in [-0.3, -0.25) is 4.79 Å². The first kappa shape index (κ1) is 12.9. The van der Waals surface area contributed by atoms with Crippen molar-refractivity contribution in [2.45, 2.75) is 25.8 Å². The molecule has 3 N–H and O–H groups in total. The van der Waals surface area contributed by atoms with Gasteiger partial charge in [-0.05, 0) is 37.1 Å². The van der Waals surface area contributed by atoms with Crippen LogP contribution >= 0.6 is 0 Å². The summed E-state index contributed by atoms with van der Waals surface area (Å²) >= 11 is 0. The highest BCUT2D eigenvalue weighted by Gasteiger charge is 2.22. The van der Waals surface area contributed by atoms with Crippen molar-refractivity contribution in [1.29, 1.82) is 0 Å². The highest BCUT2D eigenvalue weighted by Crippen LogP contribution is 2.31. The van der Waals surface area contributed by atoms with Crippen LogP contribution in [0.25, 0.3) is 0 Å². The van der Waals surface area contributed by atoms with Gasteiger partial charge < -0.3 is 15.5 Å². The number of carbonyl (C=O) groups is 1. The Kier molecular flexibility index (Phi) is 3.06. The first-order chi connectivity index (χ1) is 9.56. The van der Waals surface area contributed by atoms with Crippen LogP contribution in [0, 0.1) is 12.7 Å². The van der Waals surface area contributed by atoms with Crippen LogP contribution in [0.4, 0.5) is 10.1 Å². The van der Waals surface area contributed by atoms with Crippen LogP contribution in [-0.2, 0) is 11.2 Å². The van der Waals surface area contributed by atoms with Gasteiger partial charge in [0.15, 0.2) is 0 Å². The summed E-state index contributed by atoms with van der Waals surface area (Å²) in [5.74, 6) is 0.182. The van der Waals surface area contributed by atoms with Gasteiger partial charge in [-0.2, -0.15) is 0 Å². The van der Waals surface area contributed by atoms with E-state index in [1.807, 2.05) is 0 Å². The number of nitrogens with two attached hydrogens (primary N) is 1. The molecule has 0 saturated heterocycles. The van der Waals surface area contributed by atoms with Crippen LogP contribution in [0.15, 0.2) is 28.9 Å². The Morgan fingerprint density at radius 2 is 2.15 bits per heavy atom. The van der Waals surface area contributed by atoms with E-state index in [1.165, 1.54) is 6.07 Å². The molecule has 2 aromatic rings. The summed E-state index contributed by atoms with van der Waals surface area (Å²) in [6, 6.07) is 4.26. The molecule has 1 aromatic carbocycles. The lowest BCUT2D eigenvalue weighted by molar-refractivity contribution is -0.116. The third kappa shape index (κ3) is 2.10. The standard InChI is InChI=1S/C15H15FN2O2/c1-8-10(4-5-20-8)15(17)11-6-9-2-3-14(19)18-13(9)7-12(11)16/h4-7,15H,2-3,17H2,1H3,(H,18,19). The quantitative estimate of drug-likeness (QED) is 0.884. The molecule has 1 aromatic heterocycles. The Morgan fingerprint density at radius 3 is 2.85 bits per heavy atom. The highest BCUT2D eigenvalue weighted by atomic mass is 19.1. The second-order valence-corrected chi connectivity index (χ2v) is 4.99. The zero-order chi connectivity index (χ0) is 14.3. The van der Waals surface area contributed by atoms with E-state index in [0.717, 1.165) is 11.1 Å². The number of carbonyl (C=O) groups excluding carboxylic acids is 1. The second-order valence-electron chi connectivity index (χ2n) is 4.99. The Hall–Kier alpha value is -2.14. The zero-order valence-corrected chi connectivity index (χ0v) is 11.1. The van der Waals surface area contributed by atoms with Crippen molar-refractivity contribution in [3.63, 3.8) is 0 Å². The molecule has 104 valence electrons. The lowest BCUT2D eigenvalue weighted by Gasteiger charge is -2.20. The summed E-state index contributed by atoms with van der Waals surface area (Å²) in [5.41, 5.74) is 8.78. The largest absolute Gasteiger partial charge is 0.469 e. The number of rotatable bonds is 2. The molecule has 0 spiro atoms. The summed E-state index contributed by atoms with van der Waals surface area (Å²) in [6.45, 7) is 1.80. The minimum atomic E-state index is -0.573. The number of fused-ring (bicyclic) bond motifs is 1. The monoisotopic (exact) mass is 274 g/mol. The maximum atomic E-state index is 14.2. The molecular weight excluding hydrogens is 259 g/mol. The Labute approximate surface area is 115 Å². The van der Waals surface area contributed by atoms with Crippen molar-refractivity contribution in [2.75, 3.05) is 5.32 Å². The third-order valence-electron chi connectivity index (χ3n) is 3.69. The molecule has 4 nitrogen and oxygen atoms in total.